The SMILES string of the molecule is C[C@H](OC(=O)CN(c1cccc(Cl)c1)S(C)(=O)=O)C(=O)N1CCNC1=O. The van der Waals surface area contributed by atoms with Crippen LogP contribution >= 0.6 is 11.6 Å². The number of imide groups is 1. The third-order valence-corrected chi connectivity index (χ3v) is 4.92. The maximum Gasteiger partial charge on any atom is 0.327 e. The number of carbonyl (C=O) groups is 3. The summed E-state index contributed by atoms with van der Waals surface area (Å²) in [7, 11) is -3.80. The normalized spacial score (nSPS) is 15.3. The van der Waals surface area contributed by atoms with Crippen molar-refractivity contribution in [1.29, 1.82) is 0 Å². The van der Waals surface area contributed by atoms with Gasteiger partial charge in [-0.2, -0.15) is 0 Å². The van der Waals surface area contributed by atoms with E-state index >= 15 is 0 Å². The fraction of sp³-hybridized carbons (Fsp3) is 0.400. The van der Waals surface area contributed by atoms with E-state index in [9.17, 15) is 22.8 Å². The molecule has 1 aromatic carbocycles. The third kappa shape index (κ3) is 4.85. The number of sulfonamides is 1. The molecule has 0 saturated carbocycles. The van der Waals surface area contributed by atoms with Crippen LogP contribution in [-0.4, -0.2) is 63.2 Å². The van der Waals surface area contributed by atoms with Crippen LogP contribution < -0.4 is 9.62 Å². The molecular weight excluding hydrogens is 386 g/mol. The Morgan fingerprint density at radius 2 is 2.12 bits per heavy atom. The van der Waals surface area contributed by atoms with Crippen LogP contribution in [0, 0.1) is 0 Å². The molecular formula is C15H18ClN3O6S. The van der Waals surface area contributed by atoms with Gasteiger partial charge in [0.25, 0.3) is 5.91 Å². The number of nitrogens with one attached hydrogen (secondary N) is 1. The van der Waals surface area contributed by atoms with E-state index in [-0.39, 0.29) is 12.2 Å². The minimum absolute atomic E-state index is 0.178. The topological polar surface area (TPSA) is 113 Å². The summed E-state index contributed by atoms with van der Waals surface area (Å²) >= 11 is 5.86. The Labute approximate surface area is 155 Å². The monoisotopic (exact) mass is 403 g/mol. The van der Waals surface area contributed by atoms with Crippen molar-refractivity contribution in [2.45, 2.75) is 13.0 Å². The Balaban J connectivity index is 2.08. The number of esters is 1. The fourth-order valence-corrected chi connectivity index (χ4v) is 3.36. The summed E-state index contributed by atoms with van der Waals surface area (Å²) < 4.78 is 29.8. The van der Waals surface area contributed by atoms with Gasteiger partial charge in [0, 0.05) is 18.1 Å². The number of benzene rings is 1. The lowest BCUT2D eigenvalue weighted by molar-refractivity contribution is -0.156. The number of amides is 3. The van der Waals surface area contributed by atoms with Crippen molar-refractivity contribution < 1.29 is 27.5 Å². The summed E-state index contributed by atoms with van der Waals surface area (Å²) in [6, 6.07) is 5.41. The van der Waals surface area contributed by atoms with Crippen molar-refractivity contribution in [2.24, 2.45) is 0 Å². The van der Waals surface area contributed by atoms with Gasteiger partial charge in [0.1, 0.15) is 6.54 Å². The van der Waals surface area contributed by atoms with Gasteiger partial charge in [-0.25, -0.2) is 13.2 Å². The average molecular weight is 404 g/mol. The van der Waals surface area contributed by atoms with Gasteiger partial charge in [0.15, 0.2) is 6.10 Å². The van der Waals surface area contributed by atoms with Crippen molar-refractivity contribution in [3.05, 3.63) is 29.3 Å². The lowest BCUT2D eigenvalue weighted by atomic mass is 10.3. The molecule has 1 atom stereocenters. The second-order valence-electron chi connectivity index (χ2n) is 5.60. The Hall–Kier alpha value is -2.33. The van der Waals surface area contributed by atoms with Crippen LogP contribution in [0.25, 0.3) is 0 Å². The van der Waals surface area contributed by atoms with Crippen LogP contribution in [0.3, 0.4) is 0 Å². The predicted octanol–water partition coefficient (Wildman–Crippen LogP) is 0.590. The van der Waals surface area contributed by atoms with Crippen LogP contribution in [0.1, 0.15) is 6.92 Å². The van der Waals surface area contributed by atoms with E-state index in [4.69, 9.17) is 16.3 Å². The Bertz CT molecular complexity index is 828. The van der Waals surface area contributed by atoms with Crippen molar-refractivity contribution in [1.82, 2.24) is 10.2 Å². The quantitative estimate of drug-likeness (QED) is 0.695. The van der Waals surface area contributed by atoms with E-state index in [0.717, 1.165) is 15.5 Å². The molecule has 26 heavy (non-hydrogen) atoms. The van der Waals surface area contributed by atoms with Gasteiger partial charge >= 0.3 is 12.0 Å². The van der Waals surface area contributed by atoms with Crippen LogP contribution in [0.2, 0.25) is 5.02 Å². The van der Waals surface area contributed by atoms with Crippen LogP contribution in [-0.2, 0) is 24.3 Å². The first kappa shape index (κ1) is 20.0. The molecule has 0 radical (unpaired) electrons. The highest BCUT2D eigenvalue weighted by Crippen LogP contribution is 2.21. The molecule has 1 saturated heterocycles. The molecule has 1 N–H and O–H groups in total. The van der Waals surface area contributed by atoms with E-state index in [2.05, 4.69) is 5.32 Å². The lowest BCUT2D eigenvalue weighted by Gasteiger charge is -2.23. The molecule has 1 fully saturated rings. The lowest BCUT2D eigenvalue weighted by Crippen LogP contribution is -2.43. The van der Waals surface area contributed by atoms with E-state index in [1.165, 1.54) is 19.1 Å². The minimum atomic E-state index is -3.80. The molecule has 3 amide bonds. The average Bonchev–Trinajstić information content (AvgIpc) is 2.96. The van der Waals surface area contributed by atoms with Crippen molar-refractivity contribution >= 4 is 45.2 Å². The Kier molecular flexibility index (Phi) is 6.09. The van der Waals surface area contributed by atoms with Crippen molar-refractivity contribution in [3.63, 3.8) is 0 Å². The summed E-state index contributed by atoms with van der Waals surface area (Å²) in [5.74, 6) is -1.61. The third-order valence-electron chi connectivity index (χ3n) is 3.55. The maximum absolute atomic E-state index is 12.1. The first-order chi connectivity index (χ1) is 12.1. The highest BCUT2D eigenvalue weighted by molar-refractivity contribution is 7.92. The Morgan fingerprint density at radius 1 is 1.42 bits per heavy atom. The van der Waals surface area contributed by atoms with E-state index in [0.29, 0.717) is 11.6 Å². The second kappa shape index (κ2) is 7.92. The van der Waals surface area contributed by atoms with E-state index < -0.39 is 40.6 Å². The van der Waals surface area contributed by atoms with Gasteiger partial charge in [0.2, 0.25) is 10.0 Å². The summed E-state index contributed by atoms with van der Waals surface area (Å²) in [5.41, 5.74) is 0.190. The van der Waals surface area contributed by atoms with E-state index in [1.807, 2.05) is 0 Å². The zero-order valence-corrected chi connectivity index (χ0v) is 15.7. The molecule has 1 aliphatic heterocycles. The number of hydrogen-bond acceptors (Lipinski definition) is 6. The summed E-state index contributed by atoms with van der Waals surface area (Å²) in [4.78, 5) is 36.7. The first-order valence-electron chi connectivity index (χ1n) is 7.61. The molecule has 2 rings (SSSR count). The molecule has 0 aliphatic carbocycles. The number of nitrogens with zero attached hydrogens (tertiary/aromatic N) is 2. The summed E-state index contributed by atoms with van der Waals surface area (Å²) in [6.45, 7) is 1.18. The number of anilines is 1. The van der Waals surface area contributed by atoms with Gasteiger partial charge in [-0.3, -0.25) is 18.8 Å². The number of carbonyl (C=O) groups excluding carboxylic acids is 3. The minimum Gasteiger partial charge on any atom is -0.451 e. The van der Waals surface area contributed by atoms with Crippen molar-refractivity contribution in [2.75, 3.05) is 30.2 Å². The highest BCUT2D eigenvalue weighted by atomic mass is 35.5. The number of hydrogen-bond donors (Lipinski definition) is 1. The van der Waals surface area contributed by atoms with Crippen molar-refractivity contribution in [3.8, 4) is 0 Å². The smallest absolute Gasteiger partial charge is 0.327 e. The van der Waals surface area contributed by atoms with Crippen LogP contribution in [0.5, 0.6) is 0 Å². The molecule has 1 aliphatic rings. The van der Waals surface area contributed by atoms with E-state index in [1.54, 1.807) is 12.1 Å². The molecule has 0 bridgehead atoms. The highest BCUT2D eigenvalue weighted by Gasteiger charge is 2.32. The van der Waals surface area contributed by atoms with Gasteiger partial charge in [-0.05, 0) is 25.1 Å². The first-order valence-corrected chi connectivity index (χ1v) is 9.84. The molecule has 11 heteroatoms. The molecule has 142 valence electrons. The standard InChI is InChI=1S/C15H18ClN3O6S/c1-10(14(21)18-7-6-17-15(18)22)25-13(20)9-19(26(2,23)24)12-5-3-4-11(16)8-12/h3-5,8,10H,6-7,9H2,1-2H3,(H,17,22)/t10-/m0/s1. The fourth-order valence-electron chi connectivity index (χ4n) is 2.33. The van der Waals surface area contributed by atoms with Crippen LogP contribution in [0.4, 0.5) is 10.5 Å². The molecule has 0 spiro atoms. The van der Waals surface area contributed by atoms with Gasteiger partial charge < -0.3 is 10.1 Å². The summed E-state index contributed by atoms with van der Waals surface area (Å²) in [6.07, 6.45) is -0.295. The molecule has 1 aromatic rings. The second-order valence-corrected chi connectivity index (χ2v) is 7.95. The summed E-state index contributed by atoms with van der Waals surface area (Å²) in [5, 5.41) is 2.76. The van der Waals surface area contributed by atoms with Gasteiger partial charge in [0.05, 0.1) is 11.9 Å². The Morgan fingerprint density at radius 3 is 2.65 bits per heavy atom. The van der Waals surface area contributed by atoms with Gasteiger partial charge in [-0.1, -0.05) is 17.7 Å². The molecule has 0 unspecified atom stereocenters. The number of halogens is 1. The number of urea groups is 1. The molecule has 0 aromatic heterocycles. The predicted molar refractivity (Wildman–Crippen MR) is 94.3 cm³/mol. The zero-order valence-electron chi connectivity index (χ0n) is 14.1. The molecule has 9 nitrogen and oxygen atoms in total. The maximum atomic E-state index is 12.1. The number of rotatable bonds is 6. The zero-order chi connectivity index (χ0) is 19.5. The molecule has 1 heterocycles. The van der Waals surface area contributed by atoms with Gasteiger partial charge in [-0.15, -0.1) is 0 Å². The largest absolute Gasteiger partial charge is 0.451 e. The number of ether oxygens (including phenoxy) is 1. The van der Waals surface area contributed by atoms with Crippen LogP contribution in [0.15, 0.2) is 24.3 Å².